The van der Waals surface area contributed by atoms with E-state index in [0.717, 1.165) is 43.8 Å². The normalized spacial score (nSPS) is 23.3. The number of benzene rings is 1. The van der Waals surface area contributed by atoms with Crippen LogP contribution in [0, 0.1) is 5.92 Å². The first-order valence-corrected chi connectivity index (χ1v) is 14.5. The average Bonchev–Trinajstić information content (AvgIpc) is 3.47. The minimum atomic E-state index is 0.332. The van der Waals surface area contributed by atoms with Crippen LogP contribution >= 0.6 is 0 Å². The van der Waals surface area contributed by atoms with E-state index in [1.807, 2.05) is 0 Å². The Labute approximate surface area is 224 Å². The largest absolute Gasteiger partial charge is 0.309 e. The first-order chi connectivity index (χ1) is 18.0. The summed E-state index contributed by atoms with van der Waals surface area (Å²) in [5.41, 5.74) is 13.1. The van der Waals surface area contributed by atoms with Gasteiger partial charge < -0.3 is 5.32 Å². The number of nitrogens with zero attached hydrogens (tertiary/aromatic N) is 1. The lowest BCUT2D eigenvalue weighted by Gasteiger charge is -2.26. The predicted molar refractivity (Wildman–Crippen MR) is 160 cm³/mol. The second-order valence-electron chi connectivity index (χ2n) is 11.6. The van der Waals surface area contributed by atoms with E-state index in [1.165, 1.54) is 82.4 Å². The summed E-state index contributed by atoms with van der Waals surface area (Å²) in [7, 11) is 0. The van der Waals surface area contributed by atoms with Crippen molar-refractivity contribution in [3.8, 4) is 0 Å². The summed E-state index contributed by atoms with van der Waals surface area (Å²) in [5, 5.41) is 3.78. The van der Waals surface area contributed by atoms with Crippen LogP contribution in [0.2, 0.25) is 0 Å². The highest BCUT2D eigenvalue weighted by Crippen LogP contribution is 2.48. The van der Waals surface area contributed by atoms with E-state index < -0.39 is 0 Å². The molecule has 0 saturated heterocycles. The molecule has 0 aliphatic heterocycles. The van der Waals surface area contributed by atoms with Gasteiger partial charge in [0.2, 0.25) is 0 Å². The fourth-order valence-corrected chi connectivity index (χ4v) is 6.70. The molecular weight excluding hydrogens is 448 g/mol. The molecule has 2 bridgehead atoms. The van der Waals surface area contributed by atoms with Crippen molar-refractivity contribution in [1.29, 1.82) is 0 Å². The van der Waals surface area contributed by atoms with Crippen LogP contribution in [0.15, 0.2) is 88.5 Å². The van der Waals surface area contributed by atoms with Crippen LogP contribution in [0.25, 0.3) is 5.57 Å². The summed E-state index contributed by atoms with van der Waals surface area (Å²) in [6.07, 6.45) is 19.6. The third kappa shape index (κ3) is 5.46. The van der Waals surface area contributed by atoms with Crippen molar-refractivity contribution in [1.82, 2.24) is 5.32 Å². The third-order valence-electron chi connectivity index (χ3n) is 8.75. The Kier molecular flexibility index (Phi) is 7.95. The number of allylic oxidation sites excluding steroid dienone is 7. The Morgan fingerprint density at radius 2 is 1.97 bits per heavy atom. The molecule has 194 valence electrons. The molecule has 1 fully saturated rings. The van der Waals surface area contributed by atoms with E-state index in [4.69, 9.17) is 4.99 Å². The minimum Gasteiger partial charge on any atom is -0.309 e. The summed E-state index contributed by atoms with van der Waals surface area (Å²) in [5.74, 6) is 1.22. The van der Waals surface area contributed by atoms with Crippen molar-refractivity contribution in [2.75, 3.05) is 13.1 Å². The summed E-state index contributed by atoms with van der Waals surface area (Å²) >= 11 is 0. The lowest BCUT2D eigenvalue weighted by molar-refractivity contribution is 0.515. The molecule has 0 heterocycles. The van der Waals surface area contributed by atoms with Gasteiger partial charge in [0.1, 0.15) is 0 Å². The Bertz CT molecular complexity index is 1230. The highest BCUT2D eigenvalue weighted by molar-refractivity contribution is 6.02. The predicted octanol–water partition coefficient (Wildman–Crippen LogP) is 8.64. The molecule has 2 unspecified atom stereocenters. The van der Waals surface area contributed by atoms with Gasteiger partial charge in [0.05, 0.1) is 6.54 Å². The van der Waals surface area contributed by atoms with Gasteiger partial charge >= 0.3 is 0 Å². The second-order valence-corrected chi connectivity index (χ2v) is 11.6. The molecule has 37 heavy (non-hydrogen) atoms. The van der Waals surface area contributed by atoms with Crippen LogP contribution in [0.4, 0.5) is 0 Å². The second kappa shape index (κ2) is 11.4. The molecular formula is C35H44N2. The number of fused-ring (bicyclic) bond motifs is 5. The summed E-state index contributed by atoms with van der Waals surface area (Å²) < 4.78 is 0. The molecule has 4 aliphatic rings. The Morgan fingerprint density at radius 3 is 2.70 bits per heavy atom. The molecule has 0 radical (unpaired) electrons. The SMILES string of the molecule is C=C(C)CN=C(CCC1CCCC1)c1ccc2c(c1)C1=CC(C(=C)C3=C(C)CCC=C3)=CC2C1NCC. The van der Waals surface area contributed by atoms with E-state index in [2.05, 4.69) is 81.7 Å². The van der Waals surface area contributed by atoms with E-state index in [9.17, 15) is 0 Å². The van der Waals surface area contributed by atoms with Crippen LogP contribution in [-0.2, 0) is 0 Å². The van der Waals surface area contributed by atoms with Gasteiger partial charge in [-0.2, -0.15) is 0 Å². The summed E-state index contributed by atoms with van der Waals surface area (Å²) in [6, 6.07) is 7.47. The number of nitrogens with one attached hydrogen (secondary N) is 1. The molecule has 0 aromatic heterocycles. The summed E-state index contributed by atoms with van der Waals surface area (Å²) in [4.78, 5) is 5.07. The number of aliphatic imine (C=N–C) groups is 1. The van der Waals surface area contributed by atoms with Crippen LogP contribution in [-0.4, -0.2) is 24.8 Å². The van der Waals surface area contributed by atoms with Gasteiger partial charge in [0.25, 0.3) is 0 Å². The molecule has 2 heteroatoms. The van der Waals surface area contributed by atoms with Crippen LogP contribution < -0.4 is 5.32 Å². The van der Waals surface area contributed by atoms with Crippen molar-refractivity contribution in [3.05, 3.63) is 100 Å². The van der Waals surface area contributed by atoms with E-state index >= 15 is 0 Å². The van der Waals surface area contributed by atoms with Gasteiger partial charge in [-0.05, 0) is 103 Å². The number of rotatable bonds is 10. The Morgan fingerprint density at radius 1 is 1.16 bits per heavy atom. The maximum atomic E-state index is 5.07. The van der Waals surface area contributed by atoms with Crippen molar-refractivity contribution >= 4 is 11.3 Å². The standard InChI is InChI=1S/C35H44N2/c1-6-36-35-32-20-28(25(5)29-14-10-7-11-24(29)4)21-33(35)31-19-27(16-17-30(31)32)34(37-22-23(2)3)18-15-26-12-8-9-13-26/h10,14,16-17,19-21,26,32,35-36H,2,5-9,11-13,15,18,22H2,1,3-4H3. The topological polar surface area (TPSA) is 24.4 Å². The van der Waals surface area contributed by atoms with Crippen LogP contribution in [0.1, 0.15) is 94.7 Å². The molecule has 1 N–H and O–H groups in total. The van der Waals surface area contributed by atoms with Crippen LogP contribution in [0.5, 0.6) is 0 Å². The molecule has 4 aliphatic carbocycles. The number of hydrogen-bond donors (Lipinski definition) is 1. The third-order valence-corrected chi connectivity index (χ3v) is 8.75. The van der Waals surface area contributed by atoms with Gasteiger partial charge in [-0.1, -0.05) is 87.3 Å². The van der Waals surface area contributed by atoms with Crippen molar-refractivity contribution in [2.45, 2.75) is 84.1 Å². The number of hydrogen-bond acceptors (Lipinski definition) is 2. The van der Waals surface area contributed by atoms with Crippen LogP contribution in [0.3, 0.4) is 0 Å². The maximum absolute atomic E-state index is 5.07. The molecule has 2 nitrogen and oxygen atoms in total. The fraction of sp³-hybridized carbons (Fsp3) is 0.457. The highest BCUT2D eigenvalue weighted by Gasteiger charge is 2.38. The zero-order chi connectivity index (χ0) is 25.9. The molecule has 0 amide bonds. The van der Waals surface area contributed by atoms with Gasteiger partial charge in [0.15, 0.2) is 0 Å². The first kappa shape index (κ1) is 25.9. The molecule has 1 aromatic rings. The van der Waals surface area contributed by atoms with Gasteiger partial charge in [-0.15, -0.1) is 0 Å². The first-order valence-electron chi connectivity index (χ1n) is 14.5. The lowest BCUT2D eigenvalue weighted by atomic mass is 9.83. The zero-order valence-corrected chi connectivity index (χ0v) is 23.2. The maximum Gasteiger partial charge on any atom is 0.0597 e. The summed E-state index contributed by atoms with van der Waals surface area (Å²) in [6.45, 7) is 16.9. The molecule has 1 aromatic carbocycles. The Hall–Kier alpha value is -2.71. The smallest absolute Gasteiger partial charge is 0.0597 e. The van der Waals surface area contributed by atoms with Gasteiger partial charge in [-0.3, -0.25) is 4.99 Å². The molecule has 5 rings (SSSR count). The van der Waals surface area contributed by atoms with E-state index in [0.29, 0.717) is 12.0 Å². The molecule has 1 saturated carbocycles. The zero-order valence-electron chi connectivity index (χ0n) is 23.2. The quantitative estimate of drug-likeness (QED) is 0.256. The lowest BCUT2D eigenvalue weighted by Crippen LogP contribution is -2.32. The number of likely N-dealkylation sites (N-methyl/N-ethyl adjacent to an activating group) is 1. The minimum absolute atomic E-state index is 0.332. The van der Waals surface area contributed by atoms with Crippen molar-refractivity contribution in [2.24, 2.45) is 10.9 Å². The van der Waals surface area contributed by atoms with Crippen molar-refractivity contribution in [3.63, 3.8) is 0 Å². The fourth-order valence-electron chi connectivity index (χ4n) is 6.70. The van der Waals surface area contributed by atoms with Crippen molar-refractivity contribution < 1.29 is 0 Å². The van der Waals surface area contributed by atoms with Gasteiger partial charge in [-0.25, -0.2) is 0 Å². The Balaban J connectivity index is 1.48. The van der Waals surface area contributed by atoms with Gasteiger partial charge in [0, 0.05) is 17.7 Å². The molecule has 0 spiro atoms. The average molecular weight is 493 g/mol. The van der Waals surface area contributed by atoms with E-state index in [1.54, 1.807) is 0 Å². The highest BCUT2D eigenvalue weighted by atomic mass is 14.9. The molecule has 2 atom stereocenters. The monoisotopic (exact) mass is 492 g/mol. The van der Waals surface area contributed by atoms with E-state index in [-0.39, 0.29) is 0 Å².